The Morgan fingerprint density at radius 3 is 1.34 bits per heavy atom. The van der Waals surface area contributed by atoms with Gasteiger partial charge in [-0.05, 0) is 57.3 Å². The lowest BCUT2D eigenvalue weighted by atomic mass is 9.60. The van der Waals surface area contributed by atoms with Crippen molar-refractivity contribution in [3.05, 3.63) is 131 Å². The van der Waals surface area contributed by atoms with Crippen molar-refractivity contribution in [2.75, 3.05) is 6.54 Å². The van der Waals surface area contributed by atoms with E-state index in [0.717, 1.165) is 19.3 Å². The Hall–Kier alpha value is -4.14. The van der Waals surface area contributed by atoms with Crippen molar-refractivity contribution in [1.82, 2.24) is 0 Å². The molecule has 6 rings (SSSR count). The lowest BCUT2D eigenvalue weighted by Gasteiger charge is -2.42. The summed E-state index contributed by atoms with van der Waals surface area (Å²) in [5.74, 6) is 0. The van der Waals surface area contributed by atoms with E-state index in [1.807, 2.05) is 0 Å². The molecule has 0 N–H and O–H groups in total. The van der Waals surface area contributed by atoms with Gasteiger partial charge in [0.15, 0.2) is 0 Å². The van der Waals surface area contributed by atoms with E-state index in [1.165, 1.54) is 44.5 Å². The van der Waals surface area contributed by atoms with E-state index in [0.29, 0.717) is 13.0 Å². The molecule has 4 aromatic carbocycles. The van der Waals surface area contributed by atoms with E-state index in [-0.39, 0.29) is 10.8 Å². The van der Waals surface area contributed by atoms with E-state index in [1.54, 1.807) is 0 Å². The number of nitrogens with zero attached hydrogens (tertiary/aromatic N) is 2. The van der Waals surface area contributed by atoms with Gasteiger partial charge in [0.05, 0.1) is 6.07 Å². The Bertz CT molecular complexity index is 1310. The predicted octanol–water partition coefficient (Wildman–Crippen LogP) is 7.92. The highest BCUT2D eigenvalue weighted by Gasteiger charge is 2.52. The van der Waals surface area contributed by atoms with Crippen LogP contribution in [0.4, 0.5) is 0 Å². The van der Waals surface area contributed by atoms with Crippen LogP contribution in [0.3, 0.4) is 0 Å². The second-order valence-corrected chi connectivity index (χ2v) is 9.81. The van der Waals surface area contributed by atoms with Crippen molar-refractivity contribution in [1.29, 1.82) is 5.26 Å². The minimum Gasteiger partial charge on any atom is -0.317 e. The molecule has 2 nitrogen and oxygen atoms in total. The summed E-state index contributed by atoms with van der Waals surface area (Å²) in [4.78, 5) is 3.84. The van der Waals surface area contributed by atoms with Crippen LogP contribution in [-0.4, -0.2) is 6.54 Å². The van der Waals surface area contributed by atoms with Gasteiger partial charge in [0, 0.05) is 23.7 Å². The largest absolute Gasteiger partial charge is 0.317 e. The molecule has 35 heavy (non-hydrogen) atoms. The van der Waals surface area contributed by atoms with Crippen molar-refractivity contribution in [2.45, 2.75) is 36.5 Å². The molecule has 0 bridgehead atoms. The van der Waals surface area contributed by atoms with Gasteiger partial charge < -0.3 is 4.85 Å². The summed E-state index contributed by atoms with van der Waals surface area (Å²) < 4.78 is 0. The Morgan fingerprint density at radius 2 is 0.971 bits per heavy atom. The van der Waals surface area contributed by atoms with Gasteiger partial charge in [0.1, 0.15) is 0 Å². The lowest BCUT2D eigenvalue weighted by Crippen LogP contribution is -2.38. The van der Waals surface area contributed by atoms with Gasteiger partial charge in [-0.15, -0.1) is 0 Å². The van der Waals surface area contributed by atoms with Crippen molar-refractivity contribution in [3.63, 3.8) is 0 Å². The average Bonchev–Trinajstić information content (AvgIpc) is 3.35. The van der Waals surface area contributed by atoms with Crippen LogP contribution in [0, 0.1) is 17.9 Å². The number of hydrogen-bond acceptors (Lipinski definition) is 1. The van der Waals surface area contributed by atoms with Crippen molar-refractivity contribution < 1.29 is 0 Å². The Labute approximate surface area is 207 Å². The van der Waals surface area contributed by atoms with E-state index in [9.17, 15) is 5.26 Å². The van der Waals surface area contributed by atoms with Crippen LogP contribution in [0.25, 0.3) is 27.1 Å². The topological polar surface area (TPSA) is 28.1 Å². The molecule has 0 saturated heterocycles. The standard InChI is InChI=1S/C33H26N2/c1-35-22-20-33(30-17-8-4-13-26(30)27-14-5-9-18-31(27)33)23-32(19-10-21-34)28-15-6-2-11-24(28)25-12-3-7-16-29(25)32/h2-9,11-18H,10,19-20,22-23H2. The Morgan fingerprint density at radius 1 is 0.600 bits per heavy atom. The zero-order chi connectivity index (χ0) is 23.9. The molecule has 4 aromatic rings. The normalized spacial score (nSPS) is 15.3. The van der Waals surface area contributed by atoms with Crippen LogP contribution in [0.5, 0.6) is 0 Å². The molecule has 0 aromatic heterocycles. The summed E-state index contributed by atoms with van der Waals surface area (Å²) in [6.45, 7) is 8.15. The molecule has 0 atom stereocenters. The molecule has 2 aliphatic rings. The molecular formula is C33H26N2. The van der Waals surface area contributed by atoms with Crippen molar-refractivity contribution in [2.24, 2.45) is 0 Å². The van der Waals surface area contributed by atoms with Gasteiger partial charge in [-0.2, -0.15) is 5.26 Å². The number of benzene rings is 4. The lowest BCUT2D eigenvalue weighted by molar-refractivity contribution is 0.334. The van der Waals surface area contributed by atoms with Gasteiger partial charge in [-0.25, -0.2) is 6.57 Å². The number of hydrogen-bond donors (Lipinski definition) is 0. The van der Waals surface area contributed by atoms with Gasteiger partial charge in [-0.1, -0.05) is 97.1 Å². The fourth-order valence-corrected chi connectivity index (χ4v) is 6.96. The van der Waals surface area contributed by atoms with Crippen LogP contribution >= 0.6 is 0 Å². The van der Waals surface area contributed by atoms with Gasteiger partial charge in [0.2, 0.25) is 6.54 Å². The van der Waals surface area contributed by atoms with Crippen LogP contribution in [0.2, 0.25) is 0 Å². The number of rotatable bonds is 6. The van der Waals surface area contributed by atoms with E-state index < -0.39 is 0 Å². The average molecular weight is 451 g/mol. The number of nitriles is 1. The van der Waals surface area contributed by atoms with Crippen molar-refractivity contribution >= 4 is 0 Å². The first-order valence-electron chi connectivity index (χ1n) is 12.3. The highest BCUT2D eigenvalue weighted by Crippen LogP contribution is 2.61. The molecule has 0 saturated carbocycles. The first-order chi connectivity index (χ1) is 17.2. The maximum atomic E-state index is 9.73. The molecule has 0 amide bonds. The molecule has 0 fully saturated rings. The molecular weight excluding hydrogens is 424 g/mol. The zero-order valence-corrected chi connectivity index (χ0v) is 19.7. The third-order valence-electron chi connectivity index (χ3n) is 8.27. The quantitative estimate of drug-likeness (QED) is 0.274. The van der Waals surface area contributed by atoms with Crippen LogP contribution in [-0.2, 0) is 10.8 Å². The second-order valence-electron chi connectivity index (χ2n) is 9.81. The highest BCUT2D eigenvalue weighted by molar-refractivity contribution is 5.84. The molecule has 0 unspecified atom stereocenters. The minimum atomic E-state index is -0.296. The van der Waals surface area contributed by atoms with Crippen LogP contribution in [0.1, 0.15) is 47.9 Å². The van der Waals surface area contributed by atoms with Gasteiger partial charge in [0.25, 0.3) is 0 Å². The van der Waals surface area contributed by atoms with Gasteiger partial charge in [-0.3, -0.25) is 0 Å². The second kappa shape index (κ2) is 8.26. The van der Waals surface area contributed by atoms with Crippen LogP contribution < -0.4 is 0 Å². The smallest absolute Gasteiger partial charge is 0.215 e. The van der Waals surface area contributed by atoms with Crippen molar-refractivity contribution in [3.8, 4) is 28.3 Å². The molecule has 0 heterocycles. The predicted molar refractivity (Wildman–Crippen MR) is 141 cm³/mol. The fourth-order valence-electron chi connectivity index (χ4n) is 6.96. The summed E-state index contributed by atoms with van der Waals surface area (Å²) in [6.07, 6.45) is 2.87. The summed E-state index contributed by atoms with van der Waals surface area (Å²) in [5, 5.41) is 9.73. The Kier molecular flexibility index (Phi) is 5.05. The molecule has 0 spiro atoms. The maximum Gasteiger partial charge on any atom is 0.215 e. The Balaban J connectivity index is 1.65. The number of fused-ring (bicyclic) bond motifs is 6. The van der Waals surface area contributed by atoms with Gasteiger partial charge >= 0.3 is 0 Å². The van der Waals surface area contributed by atoms with E-state index >= 15 is 0 Å². The first kappa shape index (κ1) is 21.4. The molecule has 0 radical (unpaired) electrons. The minimum absolute atomic E-state index is 0.294. The molecule has 0 aliphatic heterocycles. The first-order valence-corrected chi connectivity index (χ1v) is 12.3. The summed E-state index contributed by atoms with van der Waals surface area (Å²) in [7, 11) is 0. The molecule has 2 aliphatic carbocycles. The summed E-state index contributed by atoms with van der Waals surface area (Å²) in [5.41, 5.74) is 9.81. The van der Waals surface area contributed by atoms with E-state index in [2.05, 4.69) is 108 Å². The third kappa shape index (κ3) is 3.00. The highest BCUT2D eigenvalue weighted by atomic mass is 14.6. The SMILES string of the molecule is [C-]#[N+]CCC1(CC2(CCC#N)c3ccccc3-c3ccccc32)c2ccccc2-c2ccccc21. The van der Waals surface area contributed by atoms with E-state index in [4.69, 9.17) is 6.57 Å². The molecule has 2 heteroatoms. The summed E-state index contributed by atoms with van der Waals surface area (Å²) >= 11 is 0. The summed E-state index contributed by atoms with van der Waals surface area (Å²) in [6, 6.07) is 37.4. The maximum absolute atomic E-state index is 9.73. The molecule has 168 valence electrons. The monoisotopic (exact) mass is 450 g/mol. The zero-order valence-electron chi connectivity index (χ0n) is 19.7. The fraction of sp³-hybridized carbons (Fsp3) is 0.212. The third-order valence-corrected chi connectivity index (χ3v) is 8.27. The van der Waals surface area contributed by atoms with Crippen LogP contribution in [0.15, 0.2) is 97.1 Å².